The number of carbonyl (C=O) groups excluding carboxylic acids is 1. The fourth-order valence-corrected chi connectivity index (χ4v) is 4.82. The molecule has 2 heterocycles. The standard InChI is InChI=1S/C24H39N3O3S/c1-20(2)30-24(28)26-13-11-21(12-14-26)6-4-5-19-29-23-9-7-22(8-10-23)25-15-17-27(31-3)18-16-25/h7-10,20-21H,4-6,11-19H2,1-3H3. The van der Waals surface area contributed by atoms with Crippen LogP contribution < -0.4 is 9.64 Å². The van der Waals surface area contributed by atoms with Crippen molar-refractivity contribution < 1.29 is 14.3 Å². The maximum atomic E-state index is 12.0. The first-order chi connectivity index (χ1) is 15.0. The van der Waals surface area contributed by atoms with Gasteiger partial charge in [0, 0.05) is 45.0 Å². The molecule has 2 aliphatic heterocycles. The quantitative estimate of drug-likeness (QED) is 0.395. The Bertz CT molecular complexity index is 655. The van der Waals surface area contributed by atoms with Crippen molar-refractivity contribution in [2.45, 2.75) is 52.1 Å². The molecular formula is C24H39N3O3S. The van der Waals surface area contributed by atoms with Crippen LogP contribution in [-0.4, -0.2) is 73.5 Å². The molecule has 0 bridgehead atoms. The molecule has 0 saturated carbocycles. The summed E-state index contributed by atoms with van der Waals surface area (Å²) in [5.74, 6) is 1.68. The molecule has 0 unspecified atom stereocenters. The normalized spacial score (nSPS) is 18.5. The number of nitrogens with zero attached hydrogens (tertiary/aromatic N) is 3. The molecule has 2 aliphatic rings. The van der Waals surface area contributed by atoms with Crippen LogP contribution in [0.1, 0.15) is 46.0 Å². The molecule has 0 spiro atoms. The van der Waals surface area contributed by atoms with Crippen LogP contribution in [0.15, 0.2) is 24.3 Å². The lowest BCUT2D eigenvalue weighted by molar-refractivity contribution is 0.0645. The lowest BCUT2D eigenvalue weighted by atomic mass is 9.92. The average molecular weight is 450 g/mol. The van der Waals surface area contributed by atoms with E-state index in [1.165, 1.54) is 18.5 Å². The topological polar surface area (TPSA) is 45.2 Å². The molecule has 0 aromatic heterocycles. The summed E-state index contributed by atoms with van der Waals surface area (Å²) in [7, 11) is 0. The number of hydrogen-bond donors (Lipinski definition) is 0. The summed E-state index contributed by atoms with van der Waals surface area (Å²) in [6, 6.07) is 8.56. The third kappa shape index (κ3) is 7.79. The summed E-state index contributed by atoms with van der Waals surface area (Å²) < 4.78 is 13.7. The number of hydrogen-bond acceptors (Lipinski definition) is 6. The molecule has 0 atom stereocenters. The summed E-state index contributed by atoms with van der Waals surface area (Å²) in [5, 5.41) is 0. The number of rotatable bonds is 9. The number of amides is 1. The number of anilines is 1. The van der Waals surface area contributed by atoms with Crippen LogP contribution in [0.4, 0.5) is 10.5 Å². The van der Waals surface area contributed by atoms with Crippen molar-refractivity contribution in [1.82, 2.24) is 9.21 Å². The van der Waals surface area contributed by atoms with Gasteiger partial charge in [-0.2, -0.15) is 0 Å². The molecule has 0 radical (unpaired) electrons. The molecule has 6 nitrogen and oxygen atoms in total. The fraction of sp³-hybridized carbons (Fsp3) is 0.708. The van der Waals surface area contributed by atoms with E-state index >= 15 is 0 Å². The highest BCUT2D eigenvalue weighted by Crippen LogP contribution is 2.24. The second kappa shape index (κ2) is 12.4. The van der Waals surface area contributed by atoms with Crippen molar-refractivity contribution in [3.63, 3.8) is 0 Å². The molecule has 1 aromatic carbocycles. The zero-order chi connectivity index (χ0) is 22.1. The Labute approximate surface area is 192 Å². The Kier molecular flexibility index (Phi) is 9.65. The van der Waals surface area contributed by atoms with Gasteiger partial charge in [0.05, 0.1) is 12.7 Å². The van der Waals surface area contributed by atoms with Gasteiger partial charge in [-0.3, -0.25) is 0 Å². The number of likely N-dealkylation sites (tertiary alicyclic amines) is 1. The number of unbranched alkanes of at least 4 members (excludes halogenated alkanes) is 1. The SMILES string of the molecule is CSN1CCN(c2ccc(OCCCCC3CCN(C(=O)OC(C)C)CC3)cc2)CC1. The second-order valence-electron chi connectivity index (χ2n) is 8.80. The Hall–Kier alpha value is -1.60. The van der Waals surface area contributed by atoms with Gasteiger partial charge in [-0.1, -0.05) is 18.4 Å². The van der Waals surface area contributed by atoms with Gasteiger partial charge in [0.25, 0.3) is 0 Å². The van der Waals surface area contributed by atoms with Crippen molar-refractivity contribution in [2.75, 3.05) is 57.0 Å². The maximum Gasteiger partial charge on any atom is 0.410 e. The van der Waals surface area contributed by atoms with Gasteiger partial charge in [-0.15, -0.1) is 0 Å². The number of benzene rings is 1. The van der Waals surface area contributed by atoms with E-state index in [0.29, 0.717) is 5.92 Å². The number of ether oxygens (including phenoxy) is 2. The number of piperazine rings is 1. The molecular weight excluding hydrogens is 410 g/mol. The van der Waals surface area contributed by atoms with Gasteiger partial charge in [0.15, 0.2) is 0 Å². The van der Waals surface area contributed by atoms with Gasteiger partial charge >= 0.3 is 6.09 Å². The Morgan fingerprint density at radius 1 is 1.03 bits per heavy atom. The van der Waals surface area contributed by atoms with Crippen LogP contribution in [0, 0.1) is 5.92 Å². The van der Waals surface area contributed by atoms with Crippen molar-refractivity contribution >= 4 is 23.7 Å². The van der Waals surface area contributed by atoms with Crippen molar-refractivity contribution in [1.29, 1.82) is 0 Å². The molecule has 0 aliphatic carbocycles. The summed E-state index contributed by atoms with van der Waals surface area (Å²) in [6.45, 7) is 10.6. The van der Waals surface area contributed by atoms with E-state index < -0.39 is 0 Å². The summed E-state index contributed by atoms with van der Waals surface area (Å²) >= 11 is 1.84. The van der Waals surface area contributed by atoms with E-state index in [9.17, 15) is 4.79 Å². The minimum absolute atomic E-state index is 0.0443. The minimum atomic E-state index is -0.157. The molecule has 2 saturated heterocycles. The van der Waals surface area contributed by atoms with E-state index in [-0.39, 0.29) is 12.2 Å². The van der Waals surface area contributed by atoms with Gasteiger partial charge < -0.3 is 19.3 Å². The third-order valence-corrected chi connectivity index (χ3v) is 7.06. The van der Waals surface area contributed by atoms with Crippen molar-refractivity contribution in [3.8, 4) is 5.75 Å². The van der Waals surface area contributed by atoms with Gasteiger partial charge in [0.2, 0.25) is 0 Å². The molecule has 3 rings (SSSR count). The highest BCUT2D eigenvalue weighted by Gasteiger charge is 2.24. The lowest BCUT2D eigenvalue weighted by Gasteiger charge is -2.34. The van der Waals surface area contributed by atoms with Crippen LogP contribution >= 0.6 is 11.9 Å². The van der Waals surface area contributed by atoms with Gasteiger partial charge in [-0.05, 0) is 76.0 Å². The highest BCUT2D eigenvalue weighted by atomic mass is 32.2. The fourth-order valence-electron chi connectivity index (χ4n) is 4.29. The van der Waals surface area contributed by atoms with Gasteiger partial charge in [-0.25, -0.2) is 9.10 Å². The predicted molar refractivity (Wildman–Crippen MR) is 129 cm³/mol. The zero-order valence-corrected chi connectivity index (χ0v) is 20.2. The minimum Gasteiger partial charge on any atom is -0.494 e. The third-order valence-electron chi connectivity index (χ3n) is 6.18. The van der Waals surface area contributed by atoms with E-state index in [1.807, 2.05) is 30.7 Å². The maximum absolute atomic E-state index is 12.0. The zero-order valence-electron chi connectivity index (χ0n) is 19.4. The first-order valence-electron chi connectivity index (χ1n) is 11.8. The van der Waals surface area contributed by atoms with Crippen LogP contribution in [-0.2, 0) is 4.74 Å². The van der Waals surface area contributed by atoms with Crippen LogP contribution in [0.5, 0.6) is 5.75 Å². The number of piperidine rings is 1. The van der Waals surface area contributed by atoms with Crippen molar-refractivity contribution in [3.05, 3.63) is 24.3 Å². The first-order valence-corrected chi connectivity index (χ1v) is 13.0. The summed E-state index contributed by atoms with van der Waals surface area (Å²) in [6.07, 6.45) is 7.59. The second-order valence-corrected chi connectivity index (χ2v) is 9.68. The smallest absolute Gasteiger partial charge is 0.410 e. The molecule has 7 heteroatoms. The van der Waals surface area contributed by atoms with E-state index in [0.717, 1.165) is 70.9 Å². The lowest BCUT2D eigenvalue weighted by Crippen LogP contribution is -2.43. The molecule has 1 amide bonds. The molecule has 1 aromatic rings. The van der Waals surface area contributed by atoms with Gasteiger partial charge in [0.1, 0.15) is 5.75 Å². The summed E-state index contributed by atoms with van der Waals surface area (Å²) in [5.41, 5.74) is 1.29. The van der Waals surface area contributed by atoms with Crippen LogP contribution in [0.2, 0.25) is 0 Å². The largest absolute Gasteiger partial charge is 0.494 e. The van der Waals surface area contributed by atoms with Crippen LogP contribution in [0.3, 0.4) is 0 Å². The highest BCUT2D eigenvalue weighted by molar-refractivity contribution is 7.96. The Morgan fingerprint density at radius 2 is 1.71 bits per heavy atom. The van der Waals surface area contributed by atoms with Crippen LogP contribution in [0.25, 0.3) is 0 Å². The molecule has 174 valence electrons. The van der Waals surface area contributed by atoms with E-state index in [2.05, 4.69) is 39.7 Å². The molecule has 31 heavy (non-hydrogen) atoms. The van der Waals surface area contributed by atoms with E-state index in [1.54, 1.807) is 0 Å². The summed E-state index contributed by atoms with van der Waals surface area (Å²) in [4.78, 5) is 16.3. The average Bonchev–Trinajstić information content (AvgIpc) is 2.79. The number of carbonyl (C=O) groups is 1. The molecule has 0 N–H and O–H groups in total. The van der Waals surface area contributed by atoms with Crippen molar-refractivity contribution in [2.24, 2.45) is 5.92 Å². The predicted octanol–water partition coefficient (Wildman–Crippen LogP) is 4.89. The molecule has 2 fully saturated rings. The monoisotopic (exact) mass is 449 g/mol. The Morgan fingerprint density at radius 3 is 2.32 bits per heavy atom. The Balaban J connectivity index is 1.26. The van der Waals surface area contributed by atoms with E-state index in [4.69, 9.17) is 9.47 Å². The first kappa shape index (κ1) is 24.1.